The molecule has 3 aromatic carbocycles. The first-order valence-electron chi connectivity index (χ1n) is 10.3. The van der Waals surface area contributed by atoms with E-state index in [0.717, 1.165) is 11.3 Å². The quantitative estimate of drug-likeness (QED) is 0.491. The zero-order chi connectivity index (χ0) is 23.2. The number of fused-ring (bicyclic) bond motifs is 2. The van der Waals surface area contributed by atoms with Gasteiger partial charge in [0.05, 0.1) is 15.9 Å². The molecule has 0 unspecified atom stereocenters. The Labute approximate surface area is 191 Å². The number of carbonyl (C=O) groups is 1. The number of carbonyl (C=O) groups excluding carboxylic acids is 1. The average Bonchev–Trinajstić information content (AvgIpc) is 3.17. The predicted molar refractivity (Wildman–Crippen MR) is 128 cm³/mol. The lowest BCUT2D eigenvalue weighted by molar-refractivity contribution is -0.114. The van der Waals surface area contributed by atoms with Gasteiger partial charge in [0, 0.05) is 18.3 Å². The molecule has 0 saturated heterocycles. The fourth-order valence-corrected chi connectivity index (χ4v) is 5.17. The Morgan fingerprint density at radius 2 is 1.58 bits per heavy atom. The molecule has 1 amide bonds. The highest BCUT2D eigenvalue weighted by atomic mass is 32.2. The van der Waals surface area contributed by atoms with Gasteiger partial charge in [0.2, 0.25) is 5.91 Å². The summed E-state index contributed by atoms with van der Waals surface area (Å²) in [6.45, 7) is 3.43. The van der Waals surface area contributed by atoms with Crippen LogP contribution in [0.5, 0.6) is 0 Å². The van der Waals surface area contributed by atoms with E-state index in [1.165, 1.54) is 23.4 Å². The molecule has 0 aliphatic carbocycles. The van der Waals surface area contributed by atoms with Crippen LogP contribution in [-0.4, -0.2) is 31.0 Å². The number of nitrogens with one attached hydrogen (secondary N) is 1. The van der Waals surface area contributed by atoms with Crippen LogP contribution in [0, 0.1) is 6.92 Å². The maximum atomic E-state index is 13.7. The molecule has 0 fully saturated rings. The van der Waals surface area contributed by atoms with Crippen LogP contribution in [0.2, 0.25) is 0 Å². The van der Waals surface area contributed by atoms with E-state index in [0.29, 0.717) is 22.5 Å². The number of hydrogen-bond acceptors (Lipinski definition) is 6. The fraction of sp³-hybridized carbons (Fsp3) is 0.125. The third kappa shape index (κ3) is 3.76. The minimum Gasteiger partial charge on any atom is -0.326 e. The van der Waals surface area contributed by atoms with Crippen LogP contribution in [0.4, 0.5) is 23.0 Å². The molecule has 1 aliphatic rings. The van der Waals surface area contributed by atoms with E-state index >= 15 is 0 Å². The third-order valence-electron chi connectivity index (χ3n) is 5.37. The Kier molecular flexibility index (Phi) is 4.98. The van der Waals surface area contributed by atoms with Crippen LogP contribution in [0.3, 0.4) is 0 Å². The number of para-hydroxylation sites is 2. The second-order valence-electron chi connectivity index (χ2n) is 7.83. The fourth-order valence-electron chi connectivity index (χ4n) is 3.82. The lowest BCUT2D eigenvalue weighted by Crippen LogP contribution is -2.34. The van der Waals surface area contributed by atoms with E-state index in [4.69, 9.17) is 4.98 Å². The zero-order valence-electron chi connectivity index (χ0n) is 18.1. The topological polar surface area (TPSA) is 95.5 Å². The number of aromatic nitrogens is 2. The highest BCUT2D eigenvalue weighted by molar-refractivity contribution is 7.92. The monoisotopic (exact) mass is 459 g/mol. The maximum Gasteiger partial charge on any atom is 0.267 e. The lowest BCUT2D eigenvalue weighted by Gasteiger charge is -2.21. The summed E-state index contributed by atoms with van der Waals surface area (Å²) in [4.78, 5) is 22.7. The first-order chi connectivity index (χ1) is 15.8. The molecule has 2 heterocycles. The number of amides is 1. The van der Waals surface area contributed by atoms with Crippen LogP contribution in [-0.2, 0) is 14.8 Å². The molecule has 1 aromatic heterocycles. The minimum absolute atomic E-state index is 0.0465. The number of anilines is 4. The molecule has 1 N–H and O–H groups in total. The van der Waals surface area contributed by atoms with Gasteiger partial charge in [-0.05, 0) is 61.0 Å². The van der Waals surface area contributed by atoms with Crippen molar-refractivity contribution in [1.29, 1.82) is 0 Å². The number of rotatable bonds is 4. The summed E-state index contributed by atoms with van der Waals surface area (Å²) in [7, 11) is -3.94. The van der Waals surface area contributed by atoms with Crippen LogP contribution in [0.15, 0.2) is 77.7 Å². The zero-order valence-corrected chi connectivity index (χ0v) is 18.9. The molecule has 9 heteroatoms. The second-order valence-corrected chi connectivity index (χ2v) is 9.69. The van der Waals surface area contributed by atoms with Gasteiger partial charge in [-0.1, -0.05) is 24.3 Å². The van der Waals surface area contributed by atoms with Crippen molar-refractivity contribution in [3.63, 3.8) is 0 Å². The molecule has 33 heavy (non-hydrogen) atoms. The third-order valence-corrected chi connectivity index (χ3v) is 7.11. The van der Waals surface area contributed by atoms with E-state index in [1.54, 1.807) is 12.1 Å². The Morgan fingerprint density at radius 1 is 0.909 bits per heavy atom. The number of benzene rings is 3. The predicted octanol–water partition coefficient (Wildman–Crippen LogP) is 4.20. The largest absolute Gasteiger partial charge is 0.326 e. The number of aryl methyl sites for hydroxylation is 1. The van der Waals surface area contributed by atoms with Gasteiger partial charge in [0.1, 0.15) is 6.67 Å². The van der Waals surface area contributed by atoms with E-state index < -0.39 is 10.0 Å². The highest BCUT2D eigenvalue weighted by Crippen LogP contribution is 2.41. The summed E-state index contributed by atoms with van der Waals surface area (Å²) in [6.07, 6.45) is 0. The highest BCUT2D eigenvalue weighted by Gasteiger charge is 2.38. The van der Waals surface area contributed by atoms with E-state index in [9.17, 15) is 13.2 Å². The van der Waals surface area contributed by atoms with Crippen molar-refractivity contribution in [2.45, 2.75) is 18.7 Å². The van der Waals surface area contributed by atoms with Crippen molar-refractivity contribution in [2.75, 3.05) is 21.2 Å². The molecule has 1 aliphatic heterocycles. The minimum atomic E-state index is -3.94. The van der Waals surface area contributed by atoms with Crippen LogP contribution < -0.4 is 14.5 Å². The molecule has 4 aromatic rings. The molecule has 0 bridgehead atoms. The SMILES string of the molecule is CC(=O)Nc1ccc(S(=O)(=O)N2CN(c3cccc(C)c3)c3nc4ccccc4nc32)cc1. The van der Waals surface area contributed by atoms with Crippen molar-refractivity contribution in [3.05, 3.63) is 78.4 Å². The number of sulfonamides is 1. The van der Waals surface area contributed by atoms with Gasteiger partial charge in [0.25, 0.3) is 10.0 Å². The molecule has 0 spiro atoms. The van der Waals surface area contributed by atoms with Crippen molar-refractivity contribution in [2.24, 2.45) is 0 Å². The average molecular weight is 460 g/mol. The van der Waals surface area contributed by atoms with Gasteiger partial charge < -0.3 is 10.2 Å². The molecular formula is C24H21N5O3S. The normalized spacial score (nSPS) is 13.3. The molecule has 166 valence electrons. The van der Waals surface area contributed by atoms with E-state index in [-0.39, 0.29) is 23.3 Å². The van der Waals surface area contributed by atoms with Gasteiger partial charge >= 0.3 is 0 Å². The summed E-state index contributed by atoms with van der Waals surface area (Å²) >= 11 is 0. The summed E-state index contributed by atoms with van der Waals surface area (Å²) in [5.41, 5.74) is 3.71. The standard InChI is InChI=1S/C24H21N5O3S/c1-16-6-5-7-19(14-16)28-15-29(24-23(28)26-21-8-3-4-9-22(21)27-24)33(31,32)20-12-10-18(11-13-20)25-17(2)30/h3-14H,15H2,1-2H3,(H,25,30). The summed E-state index contributed by atoms with van der Waals surface area (Å²) in [6, 6.07) is 21.3. The lowest BCUT2D eigenvalue weighted by atomic mass is 10.2. The van der Waals surface area contributed by atoms with Crippen molar-refractivity contribution in [1.82, 2.24) is 9.97 Å². The Morgan fingerprint density at radius 3 is 2.21 bits per heavy atom. The van der Waals surface area contributed by atoms with Crippen molar-refractivity contribution < 1.29 is 13.2 Å². The van der Waals surface area contributed by atoms with E-state index in [2.05, 4.69) is 10.3 Å². The van der Waals surface area contributed by atoms with Gasteiger partial charge in [-0.3, -0.25) is 4.79 Å². The molecule has 0 saturated carbocycles. The van der Waals surface area contributed by atoms with Gasteiger partial charge in [-0.25, -0.2) is 22.7 Å². The Bertz CT molecular complexity index is 1490. The maximum absolute atomic E-state index is 13.7. The molecule has 0 radical (unpaired) electrons. The summed E-state index contributed by atoms with van der Waals surface area (Å²) in [5.74, 6) is 0.536. The molecule has 0 atom stereocenters. The van der Waals surface area contributed by atoms with Crippen LogP contribution >= 0.6 is 0 Å². The molecule has 5 rings (SSSR count). The van der Waals surface area contributed by atoms with Gasteiger partial charge in [-0.2, -0.15) is 0 Å². The smallest absolute Gasteiger partial charge is 0.267 e. The van der Waals surface area contributed by atoms with Gasteiger partial charge in [0.15, 0.2) is 11.6 Å². The van der Waals surface area contributed by atoms with Crippen LogP contribution in [0.25, 0.3) is 11.0 Å². The molecular weight excluding hydrogens is 438 g/mol. The Hall–Kier alpha value is -3.98. The number of hydrogen-bond donors (Lipinski definition) is 1. The van der Waals surface area contributed by atoms with Crippen molar-refractivity contribution in [3.8, 4) is 0 Å². The first kappa shape index (κ1) is 20.9. The van der Waals surface area contributed by atoms with Crippen LogP contribution in [0.1, 0.15) is 12.5 Å². The van der Waals surface area contributed by atoms with Crippen molar-refractivity contribution >= 4 is 50.0 Å². The van der Waals surface area contributed by atoms with E-state index in [1.807, 2.05) is 60.4 Å². The van der Waals surface area contributed by atoms with Gasteiger partial charge in [-0.15, -0.1) is 0 Å². The summed E-state index contributed by atoms with van der Waals surface area (Å²) in [5, 5.41) is 2.64. The Balaban J connectivity index is 1.62. The number of nitrogens with zero attached hydrogens (tertiary/aromatic N) is 4. The summed E-state index contributed by atoms with van der Waals surface area (Å²) < 4.78 is 28.6. The first-order valence-corrected chi connectivity index (χ1v) is 11.8. The second kappa shape index (κ2) is 7.86. The molecule has 8 nitrogen and oxygen atoms in total.